The molecule has 0 aromatic heterocycles. The molecule has 1 aromatic rings. The van der Waals surface area contributed by atoms with Gasteiger partial charge in [0.25, 0.3) is 5.91 Å². The predicted molar refractivity (Wildman–Crippen MR) is 69.8 cm³/mol. The van der Waals surface area contributed by atoms with Crippen molar-refractivity contribution in [1.82, 2.24) is 5.32 Å². The van der Waals surface area contributed by atoms with Crippen LogP contribution in [0.1, 0.15) is 12.8 Å². The van der Waals surface area contributed by atoms with Gasteiger partial charge in [0.15, 0.2) is 12.4 Å². The minimum atomic E-state index is -0.105. The Labute approximate surface area is 109 Å². The van der Waals surface area contributed by atoms with Gasteiger partial charge in [-0.15, -0.1) is 0 Å². The summed E-state index contributed by atoms with van der Waals surface area (Å²) >= 11 is 3.33. The second-order valence-corrected chi connectivity index (χ2v) is 5.05. The van der Waals surface area contributed by atoms with Crippen molar-refractivity contribution in [3.8, 4) is 5.75 Å². The van der Waals surface area contributed by atoms with Crippen molar-refractivity contribution in [2.24, 2.45) is 5.92 Å². The van der Waals surface area contributed by atoms with Crippen LogP contribution in [0.3, 0.4) is 0 Å². The highest BCUT2D eigenvalue weighted by Gasteiger charge is 2.21. The fourth-order valence-corrected chi connectivity index (χ4v) is 1.94. The van der Waals surface area contributed by atoms with Crippen molar-refractivity contribution in [2.45, 2.75) is 12.8 Å². The van der Waals surface area contributed by atoms with Gasteiger partial charge >= 0.3 is 0 Å². The zero-order valence-electron chi connectivity index (χ0n) is 9.41. The van der Waals surface area contributed by atoms with Crippen molar-refractivity contribution in [3.05, 3.63) is 22.7 Å². The minimum absolute atomic E-state index is 0.000463. The zero-order chi connectivity index (χ0) is 12.3. The summed E-state index contributed by atoms with van der Waals surface area (Å²) in [7, 11) is 0. The van der Waals surface area contributed by atoms with Gasteiger partial charge in [0.05, 0.1) is 10.2 Å². The SMILES string of the molecule is Nc1cccc(Br)c1OCC(=O)NCC1CC1. The van der Waals surface area contributed by atoms with E-state index in [0.717, 1.165) is 11.0 Å². The van der Waals surface area contributed by atoms with Gasteiger partial charge in [-0.1, -0.05) is 6.07 Å². The van der Waals surface area contributed by atoms with Crippen LogP contribution < -0.4 is 15.8 Å². The normalized spacial score (nSPS) is 14.4. The van der Waals surface area contributed by atoms with E-state index in [1.807, 2.05) is 12.1 Å². The molecule has 1 aliphatic carbocycles. The molecular weight excluding hydrogens is 284 g/mol. The number of ether oxygens (including phenoxy) is 1. The highest BCUT2D eigenvalue weighted by Crippen LogP contribution is 2.30. The first-order valence-electron chi connectivity index (χ1n) is 5.60. The number of nitrogens with one attached hydrogen (secondary N) is 1. The topological polar surface area (TPSA) is 64.3 Å². The average molecular weight is 299 g/mol. The molecule has 1 fully saturated rings. The summed E-state index contributed by atoms with van der Waals surface area (Å²) in [6.07, 6.45) is 2.44. The Balaban J connectivity index is 1.81. The Morgan fingerprint density at radius 2 is 2.29 bits per heavy atom. The van der Waals surface area contributed by atoms with E-state index in [-0.39, 0.29) is 12.5 Å². The Hall–Kier alpha value is -1.23. The summed E-state index contributed by atoms with van der Waals surface area (Å²) in [5, 5.41) is 2.83. The Morgan fingerprint density at radius 1 is 1.53 bits per heavy atom. The highest BCUT2D eigenvalue weighted by molar-refractivity contribution is 9.10. The van der Waals surface area contributed by atoms with Crippen LogP contribution >= 0.6 is 15.9 Å². The quantitative estimate of drug-likeness (QED) is 0.817. The number of amides is 1. The number of carbonyl (C=O) groups excluding carboxylic acids is 1. The lowest BCUT2D eigenvalue weighted by Crippen LogP contribution is -2.30. The average Bonchev–Trinajstić information content (AvgIpc) is 3.09. The third-order valence-corrected chi connectivity index (χ3v) is 3.25. The van der Waals surface area contributed by atoms with Crippen LogP contribution in [0.5, 0.6) is 5.75 Å². The maximum absolute atomic E-state index is 11.5. The van der Waals surface area contributed by atoms with Gasteiger partial charge < -0.3 is 15.8 Å². The second-order valence-electron chi connectivity index (χ2n) is 4.19. The number of halogens is 1. The van der Waals surface area contributed by atoms with E-state index in [4.69, 9.17) is 10.5 Å². The van der Waals surface area contributed by atoms with Gasteiger partial charge in [-0.05, 0) is 46.8 Å². The summed E-state index contributed by atoms with van der Waals surface area (Å²) in [5.41, 5.74) is 6.28. The summed E-state index contributed by atoms with van der Waals surface area (Å²) in [5.74, 6) is 1.09. The van der Waals surface area contributed by atoms with Crippen LogP contribution in [0.15, 0.2) is 22.7 Å². The van der Waals surface area contributed by atoms with E-state index in [9.17, 15) is 4.79 Å². The maximum atomic E-state index is 11.5. The maximum Gasteiger partial charge on any atom is 0.257 e. The van der Waals surface area contributed by atoms with Crippen LogP contribution in [0.4, 0.5) is 5.69 Å². The molecule has 1 aromatic carbocycles. The van der Waals surface area contributed by atoms with Crippen molar-refractivity contribution in [1.29, 1.82) is 0 Å². The van der Waals surface area contributed by atoms with Crippen molar-refractivity contribution < 1.29 is 9.53 Å². The smallest absolute Gasteiger partial charge is 0.257 e. The fraction of sp³-hybridized carbons (Fsp3) is 0.417. The standard InChI is InChI=1S/C12H15BrN2O2/c13-9-2-1-3-10(14)12(9)17-7-11(16)15-6-8-4-5-8/h1-3,8H,4-7,14H2,(H,15,16). The lowest BCUT2D eigenvalue weighted by atomic mass is 10.3. The molecular formula is C12H15BrN2O2. The Kier molecular flexibility index (Phi) is 3.89. The van der Waals surface area contributed by atoms with E-state index >= 15 is 0 Å². The number of hydrogen-bond donors (Lipinski definition) is 2. The monoisotopic (exact) mass is 298 g/mol. The molecule has 0 radical (unpaired) electrons. The summed E-state index contributed by atoms with van der Waals surface area (Å²) in [6, 6.07) is 5.38. The van der Waals surface area contributed by atoms with E-state index in [1.54, 1.807) is 6.07 Å². The molecule has 2 rings (SSSR count). The largest absolute Gasteiger partial charge is 0.480 e. The van der Waals surface area contributed by atoms with Gasteiger partial charge in [-0.2, -0.15) is 0 Å². The van der Waals surface area contributed by atoms with Gasteiger partial charge in [-0.25, -0.2) is 0 Å². The Bertz CT molecular complexity index is 399. The molecule has 0 unspecified atom stereocenters. The molecule has 0 heterocycles. The summed E-state index contributed by atoms with van der Waals surface area (Å²) in [4.78, 5) is 11.5. The molecule has 92 valence electrons. The number of benzene rings is 1. The lowest BCUT2D eigenvalue weighted by molar-refractivity contribution is -0.123. The molecule has 0 bridgehead atoms. The molecule has 1 saturated carbocycles. The van der Waals surface area contributed by atoms with E-state index in [2.05, 4.69) is 21.2 Å². The van der Waals surface area contributed by atoms with Crippen molar-refractivity contribution in [3.63, 3.8) is 0 Å². The number of hydrogen-bond acceptors (Lipinski definition) is 3. The third-order valence-electron chi connectivity index (χ3n) is 2.63. The van der Waals surface area contributed by atoms with Crippen LogP contribution in [-0.4, -0.2) is 19.1 Å². The molecule has 4 nitrogen and oxygen atoms in total. The number of para-hydroxylation sites is 1. The number of anilines is 1. The van der Waals surface area contributed by atoms with Crippen molar-refractivity contribution >= 4 is 27.5 Å². The predicted octanol–water partition coefficient (Wildman–Crippen LogP) is 1.94. The van der Waals surface area contributed by atoms with Crippen LogP contribution in [-0.2, 0) is 4.79 Å². The third kappa shape index (κ3) is 3.63. The van der Waals surface area contributed by atoms with Crippen LogP contribution in [0.25, 0.3) is 0 Å². The van der Waals surface area contributed by atoms with Crippen LogP contribution in [0.2, 0.25) is 0 Å². The molecule has 0 atom stereocenters. The van der Waals surface area contributed by atoms with Crippen molar-refractivity contribution in [2.75, 3.05) is 18.9 Å². The van der Waals surface area contributed by atoms with Gasteiger partial charge in [-0.3, -0.25) is 4.79 Å². The van der Waals surface area contributed by atoms with E-state index in [1.165, 1.54) is 12.8 Å². The number of nitrogens with two attached hydrogens (primary N) is 1. The molecule has 0 saturated heterocycles. The summed E-state index contributed by atoms with van der Waals surface area (Å²) in [6.45, 7) is 0.757. The first kappa shape index (κ1) is 12.2. The highest BCUT2D eigenvalue weighted by atomic mass is 79.9. The molecule has 0 spiro atoms. The molecule has 0 aliphatic heterocycles. The van der Waals surface area contributed by atoms with Gasteiger partial charge in [0.1, 0.15) is 0 Å². The molecule has 1 amide bonds. The lowest BCUT2D eigenvalue weighted by Gasteiger charge is -2.10. The van der Waals surface area contributed by atoms with E-state index < -0.39 is 0 Å². The van der Waals surface area contributed by atoms with Gasteiger partial charge in [0, 0.05) is 6.54 Å². The molecule has 17 heavy (non-hydrogen) atoms. The van der Waals surface area contributed by atoms with E-state index in [0.29, 0.717) is 17.4 Å². The van der Waals surface area contributed by atoms with Crippen LogP contribution in [0, 0.1) is 5.92 Å². The fourth-order valence-electron chi connectivity index (χ4n) is 1.45. The first-order valence-corrected chi connectivity index (χ1v) is 6.39. The molecule has 3 N–H and O–H groups in total. The number of rotatable bonds is 5. The Morgan fingerprint density at radius 3 is 2.94 bits per heavy atom. The summed E-state index contributed by atoms with van der Waals surface area (Å²) < 4.78 is 6.16. The number of carbonyl (C=O) groups is 1. The molecule has 5 heteroatoms. The zero-order valence-corrected chi connectivity index (χ0v) is 11.0. The number of nitrogen functional groups attached to an aromatic ring is 1. The van der Waals surface area contributed by atoms with Gasteiger partial charge in [0.2, 0.25) is 0 Å². The molecule has 1 aliphatic rings. The minimum Gasteiger partial charge on any atom is -0.480 e. The second kappa shape index (κ2) is 5.40. The first-order chi connectivity index (χ1) is 8.16.